The predicted octanol–water partition coefficient (Wildman–Crippen LogP) is 4.06. The van der Waals surface area contributed by atoms with Gasteiger partial charge in [-0.1, -0.05) is 48.5 Å². The van der Waals surface area contributed by atoms with Gasteiger partial charge in [-0.2, -0.15) is 0 Å². The van der Waals surface area contributed by atoms with Gasteiger partial charge < -0.3 is 5.32 Å². The molecular weight excluding hydrogens is 268 g/mol. The van der Waals surface area contributed by atoms with E-state index >= 15 is 0 Å². The van der Waals surface area contributed by atoms with Crippen molar-refractivity contribution in [1.82, 2.24) is 4.98 Å². The van der Waals surface area contributed by atoms with E-state index in [9.17, 15) is 4.79 Å². The monoisotopic (exact) mass is 280 g/mol. The van der Waals surface area contributed by atoms with Crippen LogP contribution in [0.1, 0.15) is 10.5 Å². The van der Waals surface area contributed by atoms with Crippen molar-refractivity contribution in [1.29, 1.82) is 0 Å². The highest BCUT2D eigenvalue weighted by Crippen LogP contribution is 2.27. The van der Waals surface area contributed by atoms with Crippen LogP contribution in [0.5, 0.6) is 0 Å². The number of para-hydroxylation sites is 1. The summed E-state index contributed by atoms with van der Waals surface area (Å²) in [6.07, 6.45) is 0. The number of nitrogens with one attached hydrogen (secondary N) is 1. The number of benzene rings is 2. The van der Waals surface area contributed by atoms with Gasteiger partial charge in [-0.15, -0.1) is 11.3 Å². The quantitative estimate of drug-likeness (QED) is 0.786. The maximum atomic E-state index is 12.1. The van der Waals surface area contributed by atoms with Crippen molar-refractivity contribution >= 4 is 22.9 Å². The Morgan fingerprint density at radius 1 is 1.00 bits per heavy atom. The zero-order chi connectivity index (χ0) is 13.8. The smallest absolute Gasteiger partial charge is 0.275 e. The van der Waals surface area contributed by atoms with E-state index in [1.807, 2.05) is 54.6 Å². The van der Waals surface area contributed by atoms with Crippen molar-refractivity contribution in [3.8, 4) is 11.1 Å². The lowest BCUT2D eigenvalue weighted by Gasteiger charge is -2.10. The Kier molecular flexibility index (Phi) is 3.56. The second-order valence-electron chi connectivity index (χ2n) is 4.24. The molecule has 0 unspecified atom stereocenters. The summed E-state index contributed by atoms with van der Waals surface area (Å²) >= 11 is 1.41. The fraction of sp³-hybridized carbons (Fsp3) is 0. The Labute approximate surface area is 120 Å². The van der Waals surface area contributed by atoms with Gasteiger partial charge >= 0.3 is 0 Å². The molecule has 0 spiro atoms. The van der Waals surface area contributed by atoms with E-state index in [0.717, 1.165) is 16.8 Å². The highest BCUT2D eigenvalue weighted by atomic mass is 32.1. The van der Waals surface area contributed by atoms with Gasteiger partial charge in [-0.05, 0) is 11.6 Å². The van der Waals surface area contributed by atoms with Crippen LogP contribution in [-0.4, -0.2) is 10.9 Å². The molecule has 0 saturated carbocycles. The molecule has 1 amide bonds. The van der Waals surface area contributed by atoms with Crippen LogP contribution in [0.25, 0.3) is 11.1 Å². The van der Waals surface area contributed by atoms with Crippen LogP contribution in [0.3, 0.4) is 0 Å². The molecule has 0 bridgehead atoms. The number of hydrogen-bond donors (Lipinski definition) is 1. The minimum Gasteiger partial charge on any atom is -0.320 e. The number of carbonyl (C=O) groups is 1. The summed E-state index contributed by atoms with van der Waals surface area (Å²) in [5.41, 5.74) is 4.95. The lowest BCUT2D eigenvalue weighted by atomic mass is 10.0. The minimum absolute atomic E-state index is 0.186. The van der Waals surface area contributed by atoms with E-state index in [4.69, 9.17) is 0 Å². The van der Waals surface area contributed by atoms with Crippen LogP contribution in [0, 0.1) is 0 Å². The maximum absolute atomic E-state index is 12.1. The number of rotatable bonds is 3. The molecule has 1 heterocycles. The van der Waals surface area contributed by atoms with E-state index in [0.29, 0.717) is 5.69 Å². The number of anilines is 1. The average molecular weight is 280 g/mol. The van der Waals surface area contributed by atoms with Gasteiger partial charge in [-0.3, -0.25) is 4.79 Å². The van der Waals surface area contributed by atoms with E-state index in [-0.39, 0.29) is 5.91 Å². The van der Waals surface area contributed by atoms with Crippen LogP contribution >= 0.6 is 11.3 Å². The molecule has 98 valence electrons. The number of nitrogens with zero attached hydrogens (tertiary/aromatic N) is 1. The molecule has 0 atom stereocenters. The molecule has 20 heavy (non-hydrogen) atoms. The highest BCUT2D eigenvalue weighted by Gasteiger charge is 2.11. The lowest BCUT2D eigenvalue weighted by Crippen LogP contribution is -2.12. The third-order valence-electron chi connectivity index (χ3n) is 2.93. The molecule has 0 fully saturated rings. The van der Waals surface area contributed by atoms with E-state index < -0.39 is 0 Å². The van der Waals surface area contributed by atoms with Crippen molar-refractivity contribution in [3.63, 3.8) is 0 Å². The molecule has 0 aliphatic heterocycles. The van der Waals surface area contributed by atoms with Crippen molar-refractivity contribution in [2.24, 2.45) is 0 Å². The number of thiazole rings is 1. The Hall–Kier alpha value is -2.46. The van der Waals surface area contributed by atoms with Gasteiger partial charge in [0.25, 0.3) is 5.91 Å². The first-order valence-corrected chi connectivity index (χ1v) is 7.13. The van der Waals surface area contributed by atoms with Gasteiger partial charge in [0, 0.05) is 16.6 Å². The summed E-state index contributed by atoms with van der Waals surface area (Å²) < 4.78 is 0. The number of carbonyl (C=O) groups excluding carboxylic acids is 1. The SMILES string of the molecule is O=C(Nc1ccccc1-c1ccccc1)c1cscn1. The number of hydrogen-bond acceptors (Lipinski definition) is 3. The topological polar surface area (TPSA) is 42.0 Å². The normalized spacial score (nSPS) is 10.2. The largest absolute Gasteiger partial charge is 0.320 e. The van der Waals surface area contributed by atoms with E-state index in [1.165, 1.54) is 11.3 Å². The fourth-order valence-electron chi connectivity index (χ4n) is 1.97. The fourth-order valence-corrected chi connectivity index (χ4v) is 2.50. The van der Waals surface area contributed by atoms with Crippen molar-refractivity contribution in [2.75, 3.05) is 5.32 Å². The molecule has 0 aliphatic carbocycles. The first kappa shape index (κ1) is 12.6. The van der Waals surface area contributed by atoms with Gasteiger partial charge in [0.15, 0.2) is 0 Å². The standard InChI is InChI=1S/C16H12N2OS/c19-16(15-10-20-11-17-15)18-14-9-5-4-8-13(14)12-6-2-1-3-7-12/h1-11H,(H,18,19). The summed E-state index contributed by atoms with van der Waals surface area (Å²) in [7, 11) is 0. The first-order chi connectivity index (χ1) is 9.84. The summed E-state index contributed by atoms with van der Waals surface area (Å²) in [5.74, 6) is -0.186. The Morgan fingerprint density at radius 3 is 2.50 bits per heavy atom. The molecule has 4 heteroatoms. The molecule has 1 aromatic heterocycles. The molecular formula is C16H12N2OS. The van der Waals surface area contributed by atoms with E-state index in [1.54, 1.807) is 10.9 Å². The molecule has 0 radical (unpaired) electrons. The van der Waals surface area contributed by atoms with Crippen molar-refractivity contribution in [3.05, 3.63) is 71.2 Å². The van der Waals surface area contributed by atoms with Gasteiger partial charge in [0.05, 0.1) is 5.51 Å². The maximum Gasteiger partial charge on any atom is 0.275 e. The third kappa shape index (κ3) is 2.60. The number of amides is 1. The summed E-state index contributed by atoms with van der Waals surface area (Å²) in [5, 5.41) is 4.65. The zero-order valence-corrected chi connectivity index (χ0v) is 11.4. The summed E-state index contributed by atoms with van der Waals surface area (Å²) in [6, 6.07) is 17.7. The number of aromatic nitrogens is 1. The molecule has 3 nitrogen and oxygen atoms in total. The molecule has 0 saturated heterocycles. The van der Waals surface area contributed by atoms with Gasteiger partial charge in [0.2, 0.25) is 0 Å². The Morgan fingerprint density at radius 2 is 1.75 bits per heavy atom. The average Bonchev–Trinajstić information content (AvgIpc) is 3.03. The van der Waals surface area contributed by atoms with Crippen molar-refractivity contribution in [2.45, 2.75) is 0 Å². The van der Waals surface area contributed by atoms with Crippen LogP contribution in [0.15, 0.2) is 65.5 Å². The van der Waals surface area contributed by atoms with E-state index in [2.05, 4.69) is 10.3 Å². The van der Waals surface area contributed by atoms with Crippen LogP contribution < -0.4 is 5.32 Å². The Balaban J connectivity index is 1.93. The van der Waals surface area contributed by atoms with Crippen LogP contribution in [-0.2, 0) is 0 Å². The predicted molar refractivity (Wildman–Crippen MR) is 81.9 cm³/mol. The molecule has 3 rings (SSSR count). The summed E-state index contributed by atoms with van der Waals surface area (Å²) in [6.45, 7) is 0. The minimum atomic E-state index is -0.186. The van der Waals surface area contributed by atoms with Crippen LogP contribution in [0.4, 0.5) is 5.69 Å². The Bertz CT molecular complexity index is 708. The molecule has 3 aromatic rings. The highest BCUT2D eigenvalue weighted by molar-refractivity contribution is 7.07. The molecule has 1 N–H and O–H groups in total. The first-order valence-electron chi connectivity index (χ1n) is 6.18. The summed E-state index contributed by atoms with van der Waals surface area (Å²) in [4.78, 5) is 16.1. The van der Waals surface area contributed by atoms with Gasteiger partial charge in [0.1, 0.15) is 5.69 Å². The third-order valence-corrected chi connectivity index (χ3v) is 3.51. The molecule has 2 aromatic carbocycles. The van der Waals surface area contributed by atoms with Crippen molar-refractivity contribution < 1.29 is 4.79 Å². The van der Waals surface area contributed by atoms with Gasteiger partial charge in [-0.25, -0.2) is 4.98 Å². The molecule has 0 aliphatic rings. The van der Waals surface area contributed by atoms with Crippen LogP contribution in [0.2, 0.25) is 0 Å². The lowest BCUT2D eigenvalue weighted by molar-refractivity contribution is 0.102. The zero-order valence-electron chi connectivity index (χ0n) is 10.6. The second-order valence-corrected chi connectivity index (χ2v) is 4.96. The second kappa shape index (κ2) is 5.67.